The van der Waals surface area contributed by atoms with Gasteiger partial charge in [-0.3, -0.25) is 4.90 Å². The van der Waals surface area contributed by atoms with Crippen molar-refractivity contribution in [2.75, 3.05) is 20.7 Å². The molecule has 0 bridgehead atoms. The first-order valence-electron chi connectivity index (χ1n) is 6.23. The van der Waals surface area contributed by atoms with Crippen molar-refractivity contribution in [1.82, 2.24) is 4.90 Å². The number of likely N-dealkylation sites (N-methyl/N-ethyl adjacent to an activating group) is 1. The Morgan fingerprint density at radius 3 is 2.89 bits per heavy atom. The third kappa shape index (κ3) is 2.91. The minimum atomic E-state index is -0.443. The second-order valence-corrected chi connectivity index (χ2v) is 4.81. The van der Waals surface area contributed by atoms with Crippen molar-refractivity contribution >= 4 is 5.97 Å². The second-order valence-electron chi connectivity index (χ2n) is 4.81. The molecule has 1 saturated carbocycles. The van der Waals surface area contributed by atoms with Gasteiger partial charge in [0.2, 0.25) is 5.76 Å². The summed E-state index contributed by atoms with van der Waals surface area (Å²) in [6.07, 6.45) is 2.52. The van der Waals surface area contributed by atoms with Gasteiger partial charge >= 0.3 is 5.97 Å². The highest BCUT2D eigenvalue weighted by Gasteiger charge is 2.33. The Hall–Kier alpha value is -1.33. The maximum absolute atomic E-state index is 11.3. The normalized spacial score (nSPS) is 16.9. The van der Waals surface area contributed by atoms with Gasteiger partial charge in [-0.25, -0.2) is 4.79 Å². The average Bonchev–Trinajstić information content (AvgIpc) is 3.08. The van der Waals surface area contributed by atoms with Crippen molar-refractivity contribution in [3.63, 3.8) is 0 Å². The van der Waals surface area contributed by atoms with Crippen LogP contribution in [0, 0.1) is 5.92 Å². The van der Waals surface area contributed by atoms with Crippen LogP contribution in [-0.4, -0.2) is 37.6 Å². The minimum absolute atomic E-state index is 0.247. The average molecular weight is 252 g/mol. The quantitative estimate of drug-likeness (QED) is 0.771. The summed E-state index contributed by atoms with van der Waals surface area (Å²) in [6, 6.07) is 3.85. The fourth-order valence-corrected chi connectivity index (χ4v) is 2.25. The lowest BCUT2D eigenvalue weighted by Gasteiger charge is -2.25. The number of ether oxygens (including phenoxy) is 1. The van der Waals surface area contributed by atoms with E-state index in [2.05, 4.69) is 9.64 Å². The van der Waals surface area contributed by atoms with Crippen LogP contribution >= 0.6 is 0 Å². The number of nitrogens with two attached hydrogens (primary N) is 1. The molecule has 0 aliphatic heterocycles. The molecule has 1 aliphatic carbocycles. The molecule has 1 aromatic heterocycles. The van der Waals surface area contributed by atoms with Gasteiger partial charge in [0, 0.05) is 12.6 Å². The van der Waals surface area contributed by atoms with Crippen LogP contribution in [0.4, 0.5) is 0 Å². The SMILES string of the molecule is COC(=O)c1ccc(CN(C)C(CN)C2CC2)o1. The Balaban J connectivity index is 1.95. The molecule has 0 aromatic carbocycles. The van der Waals surface area contributed by atoms with E-state index in [-0.39, 0.29) is 5.76 Å². The summed E-state index contributed by atoms with van der Waals surface area (Å²) in [6.45, 7) is 1.32. The summed E-state index contributed by atoms with van der Waals surface area (Å²) in [7, 11) is 3.38. The van der Waals surface area contributed by atoms with Crippen molar-refractivity contribution < 1.29 is 13.9 Å². The molecule has 2 N–H and O–H groups in total. The fourth-order valence-electron chi connectivity index (χ4n) is 2.25. The first-order chi connectivity index (χ1) is 8.65. The van der Waals surface area contributed by atoms with Gasteiger partial charge in [-0.2, -0.15) is 0 Å². The Bertz CT molecular complexity index is 412. The molecule has 1 aliphatic rings. The molecule has 1 aromatic rings. The Labute approximate surface area is 107 Å². The van der Waals surface area contributed by atoms with Gasteiger partial charge in [0.05, 0.1) is 13.7 Å². The number of carbonyl (C=O) groups is 1. The van der Waals surface area contributed by atoms with Crippen LogP contribution in [0.3, 0.4) is 0 Å². The molecule has 0 saturated heterocycles. The summed E-state index contributed by atoms with van der Waals surface area (Å²) in [4.78, 5) is 13.5. The predicted molar refractivity (Wildman–Crippen MR) is 67.1 cm³/mol. The van der Waals surface area contributed by atoms with Crippen molar-refractivity contribution in [2.45, 2.75) is 25.4 Å². The maximum Gasteiger partial charge on any atom is 0.373 e. The van der Waals surface area contributed by atoms with Crippen molar-refractivity contribution in [3.05, 3.63) is 23.7 Å². The summed E-state index contributed by atoms with van der Waals surface area (Å²) in [5.74, 6) is 1.28. The van der Waals surface area contributed by atoms with Gasteiger partial charge in [-0.15, -0.1) is 0 Å². The molecule has 0 radical (unpaired) electrons. The number of furan rings is 1. The van der Waals surface area contributed by atoms with E-state index in [1.807, 2.05) is 13.1 Å². The van der Waals surface area contributed by atoms with Crippen LogP contribution in [0.1, 0.15) is 29.2 Å². The van der Waals surface area contributed by atoms with E-state index >= 15 is 0 Å². The molecule has 2 rings (SSSR count). The van der Waals surface area contributed by atoms with E-state index in [1.165, 1.54) is 20.0 Å². The minimum Gasteiger partial charge on any atom is -0.463 e. The standard InChI is InChI=1S/C13H20N2O3/c1-15(11(7-14)9-3-4-9)8-10-5-6-12(18-10)13(16)17-2/h5-6,9,11H,3-4,7-8,14H2,1-2H3. The molecule has 1 atom stereocenters. The van der Waals surface area contributed by atoms with E-state index < -0.39 is 5.97 Å². The molecule has 18 heavy (non-hydrogen) atoms. The Morgan fingerprint density at radius 1 is 1.61 bits per heavy atom. The lowest BCUT2D eigenvalue weighted by atomic mass is 10.1. The molecule has 1 heterocycles. The van der Waals surface area contributed by atoms with Gasteiger partial charge in [-0.1, -0.05) is 0 Å². The monoisotopic (exact) mass is 252 g/mol. The highest BCUT2D eigenvalue weighted by atomic mass is 16.5. The van der Waals surface area contributed by atoms with Crippen LogP contribution in [0.25, 0.3) is 0 Å². The fraction of sp³-hybridized carbons (Fsp3) is 0.615. The molecule has 0 amide bonds. The van der Waals surface area contributed by atoms with Gasteiger partial charge in [0.25, 0.3) is 0 Å². The molecule has 0 spiro atoms. The highest BCUT2D eigenvalue weighted by Crippen LogP contribution is 2.34. The highest BCUT2D eigenvalue weighted by molar-refractivity contribution is 5.86. The molecular formula is C13H20N2O3. The number of rotatable bonds is 6. The number of methoxy groups -OCH3 is 1. The van der Waals surface area contributed by atoms with Gasteiger partial charge in [-0.05, 0) is 37.9 Å². The summed E-state index contributed by atoms with van der Waals surface area (Å²) in [5.41, 5.74) is 5.80. The molecule has 5 heteroatoms. The van der Waals surface area contributed by atoms with Crippen LogP contribution in [-0.2, 0) is 11.3 Å². The molecule has 5 nitrogen and oxygen atoms in total. The zero-order valence-electron chi connectivity index (χ0n) is 10.9. The first kappa shape index (κ1) is 13.1. The number of carbonyl (C=O) groups excluding carboxylic acids is 1. The molecular weight excluding hydrogens is 232 g/mol. The van der Waals surface area contributed by atoms with E-state index in [1.54, 1.807) is 6.07 Å². The van der Waals surface area contributed by atoms with Crippen LogP contribution in [0.5, 0.6) is 0 Å². The maximum atomic E-state index is 11.3. The zero-order valence-corrected chi connectivity index (χ0v) is 10.9. The molecule has 1 unspecified atom stereocenters. The van der Waals surface area contributed by atoms with E-state index in [4.69, 9.17) is 10.2 Å². The van der Waals surface area contributed by atoms with Crippen molar-refractivity contribution in [3.8, 4) is 0 Å². The predicted octanol–water partition coefficient (Wildman–Crippen LogP) is 1.24. The van der Waals surface area contributed by atoms with Crippen LogP contribution < -0.4 is 5.73 Å². The van der Waals surface area contributed by atoms with Crippen molar-refractivity contribution in [2.24, 2.45) is 11.7 Å². The van der Waals surface area contributed by atoms with Gasteiger partial charge < -0.3 is 14.9 Å². The number of hydrogen-bond acceptors (Lipinski definition) is 5. The number of hydrogen-bond donors (Lipinski definition) is 1. The Kier molecular flexibility index (Phi) is 4.04. The summed E-state index contributed by atoms with van der Waals surface area (Å²) in [5, 5.41) is 0. The van der Waals surface area contributed by atoms with Crippen LogP contribution in [0.15, 0.2) is 16.5 Å². The smallest absolute Gasteiger partial charge is 0.373 e. The topological polar surface area (TPSA) is 68.7 Å². The summed E-state index contributed by atoms with van der Waals surface area (Å²) >= 11 is 0. The third-order valence-electron chi connectivity index (χ3n) is 3.43. The van der Waals surface area contributed by atoms with Gasteiger partial charge in [0.1, 0.15) is 5.76 Å². The summed E-state index contributed by atoms with van der Waals surface area (Å²) < 4.78 is 10.0. The lowest BCUT2D eigenvalue weighted by Crippen LogP contribution is -2.39. The lowest BCUT2D eigenvalue weighted by molar-refractivity contribution is 0.0560. The van der Waals surface area contributed by atoms with E-state index in [0.717, 1.165) is 11.7 Å². The third-order valence-corrected chi connectivity index (χ3v) is 3.43. The van der Waals surface area contributed by atoms with E-state index in [0.29, 0.717) is 19.1 Å². The van der Waals surface area contributed by atoms with Crippen molar-refractivity contribution in [1.29, 1.82) is 0 Å². The first-order valence-corrected chi connectivity index (χ1v) is 6.23. The Morgan fingerprint density at radius 2 is 2.33 bits per heavy atom. The largest absolute Gasteiger partial charge is 0.463 e. The van der Waals surface area contributed by atoms with Gasteiger partial charge in [0.15, 0.2) is 0 Å². The molecule has 1 fully saturated rings. The number of esters is 1. The second kappa shape index (κ2) is 5.54. The van der Waals surface area contributed by atoms with Crippen LogP contribution in [0.2, 0.25) is 0 Å². The van der Waals surface area contributed by atoms with E-state index in [9.17, 15) is 4.79 Å². The molecule has 100 valence electrons. The number of nitrogens with zero attached hydrogens (tertiary/aromatic N) is 1. The zero-order chi connectivity index (χ0) is 13.1.